The SMILES string of the molecule is CC(C)(C)c1cccc(NC(=O)C2Cc3cc(Oc4ccnc(-c5ncc(CO)[nH]5)c4)ccc3CO2)c1. The van der Waals surface area contributed by atoms with Crippen molar-refractivity contribution < 1.29 is 19.4 Å². The molecule has 1 unspecified atom stereocenters. The molecule has 0 aliphatic carbocycles. The molecule has 0 radical (unpaired) electrons. The van der Waals surface area contributed by atoms with Gasteiger partial charge in [-0.15, -0.1) is 0 Å². The van der Waals surface area contributed by atoms with Gasteiger partial charge in [-0.1, -0.05) is 39.0 Å². The third-order valence-electron chi connectivity index (χ3n) is 6.32. The third-order valence-corrected chi connectivity index (χ3v) is 6.32. The van der Waals surface area contributed by atoms with Crippen LogP contribution < -0.4 is 10.1 Å². The Kier molecular flexibility index (Phi) is 6.78. The Bertz CT molecular complexity index is 1420. The zero-order valence-electron chi connectivity index (χ0n) is 21.1. The van der Waals surface area contributed by atoms with Crippen molar-refractivity contribution >= 4 is 11.6 Å². The second-order valence-electron chi connectivity index (χ2n) is 10.1. The lowest BCUT2D eigenvalue weighted by atomic mass is 9.87. The third kappa shape index (κ3) is 5.71. The summed E-state index contributed by atoms with van der Waals surface area (Å²) in [7, 11) is 0. The van der Waals surface area contributed by atoms with E-state index in [9.17, 15) is 9.90 Å². The predicted molar refractivity (Wildman–Crippen MR) is 140 cm³/mol. The van der Waals surface area contributed by atoms with Crippen LogP contribution in [0.25, 0.3) is 11.5 Å². The quantitative estimate of drug-likeness (QED) is 0.340. The lowest BCUT2D eigenvalue weighted by Gasteiger charge is -2.25. The number of aliphatic hydroxyl groups is 1. The van der Waals surface area contributed by atoms with Crippen molar-refractivity contribution in [3.8, 4) is 23.0 Å². The Morgan fingerprint density at radius 2 is 1.95 bits per heavy atom. The molecule has 190 valence electrons. The molecule has 0 saturated carbocycles. The fraction of sp³-hybridized carbons (Fsp3) is 0.276. The Morgan fingerprint density at radius 1 is 1.11 bits per heavy atom. The second kappa shape index (κ2) is 10.2. The second-order valence-corrected chi connectivity index (χ2v) is 10.1. The van der Waals surface area contributed by atoms with Gasteiger partial charge in [-0.3, -0.25) is 9.78 Å². The van der Waals surface area contributed by atoms with Gasteiger partial charge in [-0.05, 0) is 52.4 Å². The van der Waals surface area contributed by atoms with E-state index in [1.54, 1.807) is 24.5 Å². The molecule has 3 heterocycles. The van der Waals surface area contributed by atoms with Crippen LogP contribution in [0.15, 0.2) is 67.0 Å². The largest absolute Gasteiger partial charge is 0.457 e. The van der Waals surface area contributed by atoms with Crippen molar-refractivity contribution in [3.63, 3.8) is 0 Å². The molecule has 4 aromatic rings. The summed E-state index contributed by atoms with van der Waals surface area (Å²) in [6.07, 6.45) is 3.08. The molecule has 3 N–H and O–H groups in total. The van der Waals surface area contributed by atoms with Crippen molar-refractivity contribution in [2.24, 2.45) is 0 Å². The van der Waals surface area contributed by atoms with Crippen molar-refractivity contribution in [1.82, 2.24) is 15.0 Å². The number of ether oxygens (including phenoxy) is 2. The van der Waals surface area contributed by atoms with Gasteiger partial charge in [0, 0.05) is 24.4 Å². The number of H-pyrrole nitrogens is 1. The average Bonchev–Trinajstić information content (AvgIpc) is 3.38. The molecular formula is C29H30N4O4. The molecule has 1 aliphatic rings. The highest BCUT2D eigenvalue weighted by Crippen LogP contribution is 2.30. The van der Waals surface area contributed by atoms with Gasteiger partial charge in [0.2, 0.25) is 0 Å². The van der Waals surface area contributed by atoms with Gasteiger partial charge < -0.3 is 24.9 Å². The number of anilines is 1. The fourth-order valence-corrected chi connectivity index (χ4v) is 4.21. The standard InChI is InChI=1S/C29H30N4O4/c1-29(2,3)20-5-4-6-21(13-20)33-28(35)26-12-19-11-23(8-7-18(19)17-36-26)37-24-9-10-30-25(14-24)27-31-15-22(16-34)32-27/h4-11,13-15,26,34H,12,16-17H2,1-3H3,(H,31,32)(H,33,35). The van der Waals surface area contributed by atoms with E-state index < -0.39 is 6.10 Å². The number of aromatic amines is 1. The summed E-state index contributed by atoms with van der Waals surface area (Å²) in [5, 5.41) is 12.3. The Hall–Kier alpha value is -4.01. The molecule has 0 fully saturated rings. The summed E-state index contributed by atoms with van der Waals surface area (Å²) in [6, 6.07) is 17.3. The van der Waals surface area contributed by atoms with Gasteiger partial charge in [0.25, 0.3) is 5.91 Å². The summed E-state index contributed by atoms with van der Waals surface area (Å²) in [5.74, 6) is 1.65. The minimum Gasteiger partial charge on any atom is -0.457 e. The lowest BCUT2D eigenvalue weighted by Crippen LogP contribution is -2.35. The van der Waals surface area contributed by atoms with Crippen LogP contribution in [0.3, 0.4) is 0 Å². The smallest absolute Gasteiger partial charge is 0.253 e. The van der Waals surface area contributed by atoms with E-state index in [2.05, 4.69) is 47.1 Å². The minimum atomic E-state index is -0.590. The van der Waals surface area contributed by atoms with Crippen LogP contribution in [-0.2, 0) is 34.6 Å². The van der Waals surface area contributed by atoms with Crippen LogP contribution in [-0.4, -0.2) is 32.1 Å². The van der Waals surface area contributed by atoms with Crippen LogP contribution in [0.5, 0.6) is 11.5 Å². The van der Waals surface area contributed by atoms with E-state index in [0.29, 0.717) is 41.7 Å². The maximum Gasteiger partial charge on any atom is 0.253 e. The number of hydrogen-bond donors (Lipinski definition) is 3. The maximum atomic E-state index is 13.0. The van der Waals surface area contributed by atoms with Crippen LogP contribution in [0.4, 0.5) is 5.69 Å². The van der Waals surface area contributed by atoms with Crippen molar-refractivity contribution in [3.05, 3.63) is 89.4 Å². The molecule has 0 saturated heterocycles. The molecule has 1 amide bonds. The molecule has 0 spiro atoms. The fourth-order valence-electron chi connectivity index (χ4n) is 4.21. The van der Waals surface area contributed by atoms with Gasteiger partial charge in [0.15, 0.2) is 5.82 Å². The van der Waals surface area contributed by atoms with Gasteiger partial charge in [0.05, 0.1) is 25.1 Å². The zero-order chi connectivity index (χ0) is 26.0. The van der Waals surface area contributed by atoms with Gasteiger partial charge >= 0.3 is 0 Å². The number of rotatable bonds is 6. The number of imidazole rings is 1. The van der Waals surface area contributed by atoms with Crippen molar-refractivity contribution in [2.45, 2.75) is 51.9 Å². The number of aliphatic hydroxyl groups excluding tert-OH is 1. The van der Waals surface area contributed by atoms with Gasteiger partial charge in [0.1, 0.15) is 23.3 Å². The number of carbonyl (C=O) groups is 1. The molecule has 1 atom stereocenters. The molecular weight excluding hydrogens is 468 g/mol. The van der Waals surface area contributed by atoms with Crippen LogP contribution in [0.2, 0.25) is 0 Å². The number of benzene rings is 2. The first-order valence-corrected chi connectivity index (χ1v) is 12.2. The van der Waals surface area contributed by atoms with Crippen molar-refractivity contribution in [2.75, 3.05) is 5.32 Å². The number of nitrogens with zero attached hydrogens (tertiary/aromatic N) is 2. The van der Waals surface area contributed by atoms with Crippen LogP contribution in [0.1, 0.15) is 43.2 Å². The predicted octanol–water partition coefficient (Wildman–Crippen LogP) is 5.13. The first-order chi connectivity index (χ1) is 17.8. The zero-order valence-corrected chi connectivity index (χ0v) is 21.1. The Morgan fingerprint density at radius 3 is 2.73 bits per heavy atom. The molecule has 0 bridgehead atoms. The highest BCUT2D eigenvalue weighted by Gasteiger charge is 2.26. The molecule has 2 aromatic carbocycles. The molecule has 5 rings (SSSR count). The molecule has 1 aliphatic heterocycles. The highest BCUT2D eigenvalue weighted by atomic mass is 16.5. The van der Waals surface area contributed by atoms with E-state index in [1.807, 2.05) is 36.4 Å². The van der Waals surface area contributed by atoms with Gasteiger partial charge in [-0.25, -0.2) is 4.98 Å². The topological polar surface area (TPSA) is 109 Å². The maximum absolute atomic E-state index is 13.0. The van der Waals surface area contributed by atoms with E-state index in [1.165, 1.54) is 0 Å². The van der Waals surface area contributed by atoms with Crippen LogP contribution >= 0.6 is 0 Å². The molecule has 8 nitrogen and oxygen atoms in total. The summed E-state index contributed by atoms with van der Waals surface area (Å²) in [4.78, 5) is 24.6. The van der Waals surface area contributed by atoms with E-state index in [0.717, 1.165) is 22.4 Å². The van der Waals surface area contributed by atoms with Gasteiger partial charge in [-0.2, -0.15) is 0 Å². The first-order valence-electron chi connectivity index (χ1n) is 12.2. The average molecular weight is 499 g/mol. The van der Waals surface area contributed by atoms with Crippen LogP contribution in [0, 0.1) is 0 Å². The number of carbonyl (C=O) groups excluding carboxylic acids is 1. The normalized spacial score (nSPS) is 15.2. The number of fused-ring (bicyclic) bond motifs is 1. The van der Waals surface area contributed by atoms with E-state index in [4.69, 9.17) is 9.47 Å². The number of pyridine rings is 1. The monoisotopic (exact) mass is 498 g/mol. The Labute approximate surface area is 215 Å². The number of aromatic nitrogens is 3. The lowest BCUT2D eigenvalue weighted by molar-refractivity contribution is -0.129. The highest BCUT2D eigenvalue weighted by molar-refractivity contribution is 5.94. The summed E-state index contributed by atoms with van der Waals surface area (Å²) in [5.41, 5.74) is 5.18. The Balaban J connectivity index is 1.28. The summed E-state index contributed by atoms with van der Waals surface area (Å²) < 4.78 is 12.0. The first kappa shape index (κ1) is 24.7. The molecule has 8 heteroatoms. The number of amides is 1. The van der Waals surface area contributed by atoms with E-state index in [-0.39, 0.29) is 17.9 Å². The molecule has 2 aromatic heterocycles. The van der Waals surface area contributed by atoms with E-state index >= 15 is 0 Å². The summed E-state index contributed by atoms with van der Waals surface area (Å²) >= 11 is 0. The number of hydrogen-bond acceptors (Lipinski definition) is 6. The van der Waals surface area contributed by atoms with Crippen molar-refractivity contribution in [1.29, 1.82) is 0 Å². The molecule has 37 heavy (non-hydrogen) atoms. The summed E-state index contributed by atoms with van der Waals surface area (Å²) in [6.45, 7) is 6.67. The minimum absolute atomic E-state index is 0.00662. The number of nitrogens with one attached hydrogen (secondary N) is 2.